The highest BCUT2D eigenvalue weighted by atomic mass is 32.1. The van der Waals surface area contributed by atoms with E-state index >= 15 is 0 Å². The van der Waals surface area contributed by atoms with E-state index in [-0.39, 0.29) is 0 Å². The maximum Gasteiger partial charge on any atom is 0.191 e. The van der Waals surface area contributed by atoms with Gasteiger partial charge in [-0.05, 0) is 42.9 Å². The first-order chi connectivity index (χ1) is 9.67. The minimum atomic E-state index is 0.468. The summed E-state index contributed by atoms with van der Waals surface area (Å²) < 4.78 is 0. The summed E-state index contributed by atoms with van der Waals surface area (Å²) in [5.41, 5.74) is 1.38. The van der Waals surface area contributed by atoms with Crippen molar-refractivity contribution in [2.45, 2.75) is 26.7 Å². The van der Waals surface area contributed by atoms with Crippen LogP contribution >= 0.6 is 11.3 Å². The van der Waals surface area contributed by atoms with Gasteiger partial charge in [0.05, 0.1) is 0 Å². The molecular weight excluding hydrogens is 268 g/mol. The topological polar surface area (TPSA) is 39.7 Å². The lowest BCUT2D eigenvalue weighted by atomic mass is 10.1. The van der Waals surface area contributed by atoms with Gasteiger partial charge >= 0.3 is 0 Å². The summed E-state index contributed by atoms with van der Waals surface area (Å²) in [5.74, 6) is 1.38. The number of thiophene rings is 1. The van der Waals surface area contributed by atoms with Crippen molar-refractivity contribution >= 4 is 17.3 Å². The molecule has 0 saturated carbocycles. The monoisotopic (exact) mass is 296 g/mol. The fraction of sp³-hybridized carbons (Fsp3) is 0.667. The van der Waals surface area contributed by atoms with Crippen molar-refractivity contribution in [3.05, 3.63) is 22.4 Å². The Kier molecular flexibility index (Phi) is 8.30. The Hall–Kier alpha value is -1.07. The van der Waals surface area contributed by atoms with Gasteiger partial charge in [0.2, 0.25) is 0 Å². The number of nitrogens with zero attached hydrogens (tertiary/aromatic N) is 2. The third-order valence-electron chi connectivity index (χ3n) is 3.31. The summed E-state index contributed by atoms with van der Waals surface area (Å²) in [6.07, 6.45) is 0. The minimum absolute atomic E-state index is 0.468. The summed E-state index contributed by atoms with van der Waals surface area (Å²) in [5, 5.41) is 11.0. The third-order valence-corrected chi connectivity index (χ3v) is 4.01. The lowest BCUT2D eigenvalue weighted by molar-refractivity contribution is 0.357. The number of likely N-dealkylation sites (N-methyl/N-ethyl adjacent to an activating group) is 1. The highest BCUT2D eigenvalue weighted by Gasteiger charge is 2.06. The molecule has 5 heteroatoms. The molecule has 2 N–H and O–H groups in total. The van der Waals surface area contributed by atoms with E-state index < -0.39 is 0 Å². The van der Waals surface area contributed by atoms with E-state index in [1.165, 1.54) is 5.56 Å². The fourth-order valence-electron chi connectivity index (χ4n) is 1.75. The summed E-state index contributed by atoms with van der Waals surface area (Å²) in [7, 11) is 2.13. The number of aliphatic imine (C=N–C) groups is 1. The van der Waals surface area contributed by atoms with Gasteiger partial charge in [-0.25, -0.2) is 0 Å². The van der Waals surface area contributed by atoms with E-state index in [0.29, 0.717) is 5.92 Å². The molecular formula is C15H28N4S. The lowest BCUT2D eigenvalue weighted by Gasteiger charge is -2.16. The molecule has 0 fully saturated rings. The summed E-state index contributed by atoms with van der Waals surface area (Å²) in [6, 6.07) is 2.18. The number of guanidine groups is 1. The zero-order valence-electron chi connectivity index (χ0n) is 13.1. The first-order valence-corrected chi connectivity index (χ1v) is 8.34. The Morgan fingerprint density at radius 2 is 2.20 bits per heavy atom. The quantitative estimate of drug-likeness (QED) is 0.571. The molecule has 0 aromatic carbocycles. The van der Waals surface area contributed by atoms with Crippen LogP contribution in [0.5, 0.6) is 0 Å². The molecule has 1 heterocycles. The SMILES string of the molecule is CCNC(=NCC(C)c1ccsc1)NCCN(C)CC. The Morgan fingerprint density at radius 3 is 2.80 bits per heavy atom. The van der Waals surface area contributed by atoms with Crippen LogP contribution in [-0.4, -0.2) is 50.6 Å². The van der Waals surface area contributed by atoms with E-state index in [9.17, 15) is 0 Å². The molecule has 20 heavy (non-hydrogen) atoms. The van der Waals surface area contributed by atoms with Crippen molar-refractivity contribution < 1.29 is 0 Å². The molecule has 0 amide bonds. The normalized spacial score (nSPS) is 13.6. The van der Waals surface area contributed by atoms with Crippen LogP contribution in [0.4, 0.5) is 0 Å². The smallest absolute Gasteiger partial charge is 0.191 e. The molecule has 0 bridgehead atoms. The molecule has 0 radical (unpaired) electrons. The van der Waals surface area contributed by atoms with Crippen LogP contribution in [0.25, 0.3) is 0 Å². The maximum atomic E-state index is 4.67. The fourth-order valence-corrected chi connectivity index (χ4v) is 2.54. The number of hydrogen-bond donors (Lipinski definition) is 2. The highest BCUT2D eigenvalue weighted by Crippen LogP contribution is 2.18. The standard InChI is InChI=1S/C15H28N4S/c1-5-16-15(17-8-9-19(4)6-2)18-11-13(3)14-7-10-20-12-14/h7,10,12-13H,5-6,8-9,11H2,1-4H3,(H2,16,17,18). The van der Waals surface area contributed by atoms with Gasteiger partial charge in [0, 0.05) is 32.1 Å². The second-order valence-electron chi connectivity index (χ2n) is 5.00. The van der Waals surface area contributed by atoms with Gasteiger partial charge in [-0.15, -0.1) is 0 Å². The van der Waals surface area contributed by atoms with Gasteiger partial charge in [-0.3, -0.25) is 4.99 Å². The molecule has 1 aromatic rings. The van der Waals surface area contributed by atoms with Crippen LogP contribution in [0.2, 0.25) is 0 Å². The highest BCUT2D eigenvalue weighted by molar-refractivity contribution is 7.07. The Morgan fingerprint density at radius 1 is 1.40 bits per heavy atom. The van der Waals surface area contributed by atoms with Crippen molar-refractivity contribution in [1.82, 2.24) is 15.5 Å². The van der Waals surface area contributed by atoms with Crippen molar-refractivity contribution in [2.75, 3.05) is 39.8 Å². The second-order valence-corrected chi connectivity index (χ2v) is 5.78. The van der Waals surface area contributed by atoms with Gasteiger partial charge in [0.15, 0.2) is 5.96 Å². The molecule has 114 valence electrons. The molecule has 0 aliphatic heterocycles. The third kappa shape index (κ3) is 6.39. The predicted molar refractivity (Wildman–Crippen MR) is 89.9 cm³/mol. The van der Waals surface area contributed by atoms with Crippen LogP contribution in [0.15, 0.2) is 21.8 Å². The molecule has 1 aromatic heterocycles. The van der Waals surface area contributed by atoms with E-state index in [2.05, 4.69) is 65.2 Å². The first-order valence-electron chi connectivity index (χ1n) is 7.40. The molecule has 1 atom stereocenters. The maximum absolute atomic E-state index is 4.67. The lowest BCUT2D eigenvalue weighted by Crippen LogP contribution is -2.41. The zero-order valence-corrected chi connectivity index (χ0v) is 14.0. The summed E-state index contributed by atoms with van der Waals surface area (Å²) in [4.78, 5) is 6.95. The van der Waals surface area contributed by atoms with Gasteiger partial charge < -0.3 is 15.5 Å². The minimum Gasteiger partial charge on any atom is -0.357 e. The Labute approximate surface area is 127 Å². The molecule has 0 aliphatic rings. The molecule has 0 aliphatic carbocycles. The summed E-state index contributed by atoms with van der Waals surface area (Å²) >= 11 is 1.75. The van der Waals surface area contributed by atoms with Crippen molar-refractivity contribution in [2.24, 2.45) is 4.99 Å². The van der Waals surface area contributed by atoms with E-state index in [4.69, 9.17) is 0 Å². The second kappa shape index (κ2) is 9.77. The summed E-state index contributed by atoms with van der Waals surface area (Å²) in [6.45, 7) is 11.2. The van der Waals surface area contributed by atoms with Crippen molar-refractivity contribution in [3.63, 3.8) is 0 Å². The van der Waals surface area contributed by atoms with Crippen LogP contribution in [0, 0.1) is 0 Å². The average Bonchev–Trinajstić information content (AvgIpc) is 2.98. The molecule has 0 saturated heterocycles. The van der Waals surface area contributed by atoms with E-state index in [1.807, 2.05) is 0 Å². The van der Waals surface area contributed by atoms with Crippen LogP contribution in [0.1, 0.15) is 32.3 Å². The largest absolute Gasteiger partial charge is 0.357 e. The molecule has 0 spiro atoms. The molecule has 1 unspecified atom stereocenters. The van der Waals surface area contributed by atoms with E-state index in [1.54, 1.807) is 11.3 Å². The van der Waals surface area contributed by atoms with Gasteiger partial charge in [-0.2, -0.15) is 11.3 Å². The van der Waals surface area contributed by atoms with Crippen LogP contribution in [0.3, 0.4) is 0 Å². The number of hydrogen-bond acceptors (Lipinski definition) is 3. The first kappa shape index (κ1) is 17.0. The predicted octanol–water partition coefficient (Wildman–Crippen LogP) is 2.36. The molecule has 1 rings (SSSR count). The number of nitrogens with one attached hydrogen (secondary N) is 2. The molecule has 4 nitrogen and oxygen atoms in total. The average molecular weight is 296 g/mol. The van der Waals surface area contributed by atoms with Crippen LogP contribution < -0.4 is 10.6 Å². The van der Waals surface area contributed by atoms with Crippen molar-refractivity contribution in [1.29, 1.82) is 0 Å². The van der Waals surface area contributed by atoms with Gasteiger partial charge in [-0.1, -0.05) is 13.8 Å². The van der Waals surface area contributed by atoms with Crippen molar-refractivity contribution in [3.8, 4) is 0 Å². The Balaban J connectivity index is 2.41. The zero-order chi connectivity index (χ0) is 14.8. The van der Waals surface area contributed by atoms with E-state index in [0.717, 1.165) is 38.7 Å². The number of rotatable bonds is 8. The van der Waals surface area contributed by atoms with Crippen LogP contribution in [-0.2, 0) is 0 Å². The Bertz CT molecular complexity index is 375. The van der Waals surface area contributed by atoms with Gasteiger partial charge in [0.25, 0.3) is 0 Å². The van der Waals surface area contributed by atoms with Gasteiger partial charge in [0.1, 0.15) is 0 Å².